The minimum atomic E-state index is 0.414. The molecule has 0 aliphatic carbocycles. The third kappa shape index (κ3) is 4.28. The van der Waals surface area contributed by atoms with Crippen LogP contribution < -0.4 is 16.6 Å². The van der Waals surface area contributed by atoms with Crippen molar-refractivity contribution in [2.24, 2.45) is 10.8 Å². The molecular formula is C9H17N5O2. The van der Waals surface area contributed by atoms with Crippen molar-refractivity contribution in [3.8, 4) is 0 Å². The average Bonchev–Trinajstić information content (AvgIpc) is 2.69. The molecule has 0 unspecified atom stereocenters. The van der Waals surface area contributed by atoms with Crippen LogP contribution in [0.15, 0.2) is 15.6 Å². The lowest BCUT2D eigenvalue weighted by molar-refractivity contribution is 0.203. The van der Waals surface area contributed by atoms with Gasteiger partial charge in [-0.15, -0.1) is 0 Å². The van der Waals surface area contributed by atoms with Crippen molar-refractivity contribution < 1.29 is 9.26 Å². The molecule has 0 radical (unpaired) electrons. The summed E-state index contributed by atoms with van der Waals surface area (Å²) in [6.07, 6.45) is 0. The summed E-state index contributed by atoms with van der Waals surface area (Å²) in [5, 5.41) is 6.79. The fraction of sp³-hybridized carbons (Fsp3) is 0.556. The molecule has 7 nitrogen and oxygen atoms in total. The number of nitrogens with two attached hydrogens (primary N) is 1. The van der Waals surface area contributed by atoms with E-state index in [0.29, 0.717) is 25.7 Å². The van der Waals surface area contributed by atoms with E-state index >= 15 is 0 Å². The molecule has 4 N–H and O–H groups in total. The molecule has 0 aromatic carbocycles. The van der Waals surface area contributed by atoms with Gasteiger partial charge in [0.05, 0.1) is 13.2 Å². The number of ether oxygens (including phenoxy) is 1. The largest absolute Gasteiger partial charge is 0.383 e. The van der Waals surface area contributed by atoms with Gasteiger partial charge in [0.2, 0.25) is 5.96 Å². The molecule has 0 aliphatic rings. The van der Waals surface area contributed by atoms with E-state index in [1.54, 1.807) is 7.11 Å². The number of hydrazine groups is 1. The molecule has 7 heteroatoms. The first kappa shape index (κ1) is 12.5. The molecule has 16 heavy (non-hydrogen) atoms. The highest BCUT2D eigenvalue weighted by Crippen LogP contribution is 2.02. The van der Waals surface area contributed by atoms with Crippen LogP contribution in [0.5, 0.6) is 0 Å². The van der Waals surface area contributed by atoms with Gasteiger partial charge in [0.1, 0.15) is 11.5 Å². The molecular weight excluding hydrogens is 210 g/mol. The van der Waals surface area contributed by atoms with E-state index in [0.717, 1.165) is 11.5 Å². The van der Waals surface area contributed by atoms with Crippen LogP contribution in [0.1, 0.15) is 11.5 Å². The van der Waals surface area contributed by atoms with Gasteiger partial charge in [-0.25, -0.2) is 10.8 Å². The summed E-state index contributed by atoms with van der Waals surface area (Å²) >= 11 is 0. The van der Waals surface area contributed by atoms with Crippen LogP contribution in [0.2, 0.25) is 0 Å². The smallest absolute Gasteiger partial charge is 0.206 e. The third-order valence-corrected chi connectivity index (χ3v) is 1.81. The summed E-state index contributed by atoms with van der Waals surface area (Å²) in [6, 6.07) is 1.83. The molecule has 0 amide bonds. The van der Waals surface area contributed by atoms with Gasteiger partial charge >= 0.3 is 0 Å². The number of nitrogens with one attached hydrogen (secondary N) is 2. The Hall–Kier alpha value is -1.60. The predicted molar refractivity (Wildman–Crippen MR) is 59.6 cm³/mol. The number of nitrogens with zero attached hydrogens (tertiary/aromatic N) is 2. The van der Waals surface area contributed by atoms with Crippen molar-refractivity contribution in [2.45, 2.75) is 13.5 Å². The van der Waals surface area contributed by atoms with Gasteiger partial charge in [0, 0.05) is 19.7 Å². The van der Waals surface area contributed by atoms with Crippen molar-refractivity contribution in [1.82, 2.24) is 15.9 Å². The van der Waals surface area contributed by atoms with E-state index in [4.69, 9.17) is 15.1 Å². The second kappa shape index (κ2) is 6.81. The first-order chi connectivity index (χ1) is 7.76. The first-order valence-corrected chi connectivity index (χ1v) is 4.92. The van der Waals surface area contributed by atoms with Gasteiger partial charge in [-0.05, 0) is 6.92 Å². The third-order valence-electron chi connectivity index (χ3n) is 1.81. The molecule has 0 saturated heterocycles. The molecule has 0 atom stereocenters. The summed E-state index contributed by atoms with van der Waals surface area (Å²) in [6.45, 7) is 3.47. The Morgan fingerprint density at radius 1 is 1.69 bits per heavy atom. The Kier molecular flexibility index (Phi) is 5.30. The van der Waals surface area contributed by atoms with Gasteiger partial charge < -0.3 is 14.6 Å². The Morgan fingerprint density at radius 2 is 2.50 bits per heavy atom. The molecule has 90 valence electrons. The van der Waals surface area contributed by atoms with E-state index in [1.165, 1.54) is 0 Å². The van der Waals surface area contributed by atoms with Crippen LogP contribution in [0.25, 0.3) is 0 Å². The number of hydrogen-bond donors (Lipinski definition) is 3. The maximum absolute atomic E-state index is 5.30. The normalized spacial score (nSPS) is 11.6. The molecule has 1 heterocycles. The minimum absolute atomic E-state index is 0.414. The van der Waals surface area contributed by atoms with Crippen molar-refractivity contribution >= 4 is 5.96 Å². The average molecular weight is 227 g/mol. The molecule has 1 aromatic rings. The van der Waals surface area contributed by atoms with E-state index in [-0.39, 0.29) is 0 Å². The van der Waals surface area contributed by atoms with Crippen LogP contribution in [-0.4, -0.2) is 31.4 Å². The van der Waals surface area contributed by atoms with Gasteiger partial charge in [-0.2, -0.15) is 0 Å². The number of rotatable bonds is 5. The number of hydrogen-bond acceptors (Lipinski definition) is 5. The monoisotopic (exact) mass is 227 g/mol. The number of aromatic nitrogens is 1. The van der Waals surface area contributed by atoms with Crippen LogP contribution in [0, 0.1) is 6.92 Å². The molecule has 1 rings (SSSR count). The highest BCUT2D eigenvalue weighted by molar-refractivity contribution is 5.79. The van der Waals surface area contributed by atoms with Crippen LogP contribution in [-0.2, 0) is 11.3 Å². The van der Waals surface area contributed by atoms with Gasteiger partial charge in [0.25, 0.3) is 0 Å². The maximum atomic E-state index is 5.30. The lowest BCUT2D eigenvalue weighted by Crippen LogP contribution is -2.42. The zero-order valence-electron chi connectivity index (χ0n) is 9.49. The SMILES string of the molecule is COCCNC(=NCc1cc(C)on1)NN. The summed E-state index contributed by atoms with van der Waals surface area (Å²) in [4.78, 5) is 4.19. The molecule has 0 aliphatic heterocycles. The van der Waals surface area contributed by atoms with Crippen LogP contribution in [0.3, 0.4) is 0 Å². The Morgan fingerprint density at radius 3 is 3.06 bits per heavy atom. The van der Waals surface area contributed by atoms with Crippen LogP contribution >= 0.6 is 0 Å². The maximum Gasteiger partial charge on any atom is 0.206 e. The molecule has 0 fully saturated rings. The molecule has 0 saturated carbocycles. The fourth-order valence-corrected chi connectivity index (χ4v) is 1.08. The van der Waals surface area contributed by atoms with Crippen molar-refractivity contribution in [2.75, 3.05) is 20.3 Å². The molecule has 0 bridgehead atoms. The Balaban J connectivity index is 2.40. The minimum Gasteiger partial charge on any atom is -0.383 e. The highest BCUT2D eigenvalue weighted by atomic mass is 16.5. The summed E-state index contributed by atoms with van der Waals surface area (Å²) in [5.74, 6) is 6.56. The highest BCUT2D eigenvalue weighted by Gasteiger charge is 2.00. The van der Waals surface area contributed by atoms with E-state index in [2.05, 4.69) is 20.9 Å². The molecule has 0 spiro atoms. The predicted octanol–water partition coefficient (Wildman–Crippen LogP) is -0.462. The lowest BCUT2D eigenvalue weighted by Gasteiger charge is -2.07. The zero-order chi connectivity index (χ0) is 11.8. The Bertz CT molecular complexity index is 336. The Labute approximate surface area is 94.0 Å². The number of aliphatic imine (C=N–C) groups is 1. The second-order valence-corrected chi connectivity index (χ2v) is 3.16. The van der Waals surface area contributed by atoms with E-state index < -0.39 is 0 Å². The van der Waals surface area contributed by atoms with Gasteiger partial charge in [-0.1, -0.05) is 5.16 Å². The van der Waals surface area contributed by atoms with Crippen molar-refractivity contribution in [1.29, 1.82) is 0 Å². The quantitative estimate of drug-likeness (QED) is 0.207. The van der Waals surface area contributed by atoms with Gasteiger partial charge in [-0.3, -0.25) is 5.43 Å². The topological polar surface area (TPSA) is 97.7 Å². The number of aryl methyl sites for hydroxylation is 1. The fourth-order valence-electron chi connectivity index (χ4n) is 1.08. The summed E-state index contributed by atoms with van der Waals surface area (Å²) < 4.78 is 9.81. The standard InChI is InChI=1S/C9H17N5O2/c1-7-5-8(14-16-7)6-12-9(13-10)11-3-4-15-2/h5H,3-4,6,10H2,1-2H3,(H2,11,12,13). The molecule has 1 aromatic heterocycles. The number of methoxy groups -OCH3 is 1. The zero-order valence-corrected chi connectivity index (χ0v) is 9.49. The van der Waals surface area contributed by atoms with Crippen molar-refractivity contribution in [3.05, 3.63) is 17.5 Å². The number of guanidine groups is 1. The van der Waals surface area contributed by atoms with Crippen molar-refractivity contribution in [3.63, 3.8) is 0 Å². The van der Waals surface area contributed by atoms with E-state index in [1.807, 2.05) is 13.0 Å². The lowest BCUT2D eigenvalue weighted by atomic mass is 10.4. The summed E-state index contributed by atoms with van der Waals surface area (Å²) in [7, 11) is 1.63. The second-order valence-electron chi connectivity index (χ2n) is 3.16. The van der Waals surface area contributed by atoms with E-state index in [9.17, 15) is 0 Å². The summed E-state index contributed by atoms with van der Waals surface area (Å²) in [5.41, 5.74) is 3.23. The van der Waals surface area contributed by atoms with Gasteiger partial charge in [0.15, 0.2) is 0 Å². The first-order valence-electron chi connectivity index (χ1n) is 4.92. The van der Waals surface area contributed by atoms with Crippen LogP contribution in [0.4, 0.5) is 0 Å².